The summed E-state index contributed by atoms with van der Waals surface area (Å²) < 4.78 is 5.13. The van der Waals surface area contributed by atoms with Crippen LogP contribution < -0.4 is 10.5 Å². The molecule has 0 radical (unpaired) electrons. The number of ether oxygens (including phenoxy) is 1. The minimum absolute atomic E-state index is 0.0926. The minimum atomic E-state index is 0.0926. The van der Waals surface area contributed by atoms with Gasteiger partial charge in [-0.25, -0.2) is 5.01 Å². The van der Waals surface area contributed by atoms with Crippen LogP contribution in [-0.2, 0) is 4.79 Å². The van der Waals surface area contributed by atoms with Gasteiger partial charge in [0.25, 0.3) is 0 Å². The molecule has 1 heterocycles. The Morgan fingerprint density at radius 2 is 2.06 bits per heavy atom. The molecule has 2 rings (SSSR count). The summed E-state index contributed by atoms with van der Waals surface area (Å²) in [7, 11) is 3.57. The van der Waals surface area contributed by atoms with Crippen LogP contribution in [-0.4, -0.2) is 43.2 Å². The molecule has 0 aromatic heterocycles. The van der Waals surface area contributed by atoms with Crippen molar-refractivity contribution >= 4 is 5.91 Å². The highest BCUT2D eigenvalue weighted by molar-refractivity contribution is 5.78. The van der Waals surface area contributed by atoms with Gasteiger partial charge in [-0.05, 0) is 17.7 Å². The van der Waals surface area contributed by atoms with Gasteiger partial charge < -0.3 is 10.5 Å². The number of hydrogen-bond acceptors (Lipinski definition) is 4. The van der Waals surface area contributed by atoms with Gasteiger partial charge in [0, 0.05) is 26.6 Å². The Kier molecular flexibility index (Phi) is 3.84. The lowest BCUT2D eigenvalue weighted by Crippen LogP contribution is -2.40. The van der Waals surface area contributed by atoms with E-state index >= 15 is 0 Å². The third kappa shape index (κ3) is 2.32. The third-order valence-electron chi connectivity index (χ3n) is 3.33. The molecule has 1 aromatic carbocycles. The van der Waals surface area contributed by atoms with E-state index in [1.807, 2.05) is 36.3 Å². The second kappa shape index (κ2) is 5.37. The van der Waals surface area contributed by atoms with Crippen molar-refractivity contribution in [3.8, 4) is 5.75 Å². The zero-order chi connectivity index (χ0) is 13.1. The maximum Gasteiger partial charge on any atom is 0.238 e. The predicted octanol–water partition coefficient (Wildman–Crippen LogP) is 0.774. The summed E-state index contributed by atoms with van der Waals surface area (Å²) in [6.45, 7) is 1.05. The highest BCUT2D eigenvalue weighted by Gasteiger charge is 2.35. The zero-order valence-electron chi connectivity index (χ0n) is 10.8. The van der Waals surface area contributed by atoms with Gasteiger partial charge in [0.05, 0.1) is 13.2 Å². The molecule has 18 heavy (non-hydrogen) atoms. The summed E-state index contributed by atoms with van der Waals surface area (Å²) in [6, 6.07) is 7.92. The van der Waals surface area contributed by atoms with Crippen LogP contribution in [0.4, 0.5) is 0 Å². The summed E-state index contributed by atoms with van der Waals surface area (Å²) in [5, 5.41) is 3.69. The van der Waals surface area contributed by atoms with Crippen molar-refractivity contribution < 1.29 is 9.53 Å². The molecule has 5 heteroatoms. The number of carbonyl (C=O) groups is 1. The summed E-state index contributed by atoms with van der Waals surface area (Å²) in [5.41, 5.74) is 6.63. The number of hydrazine groups is 1. The zero-order valence-corrected chi connectivity index (χ0v) is 10.8. The summed E-state index contributed by atoms with van der Waals surface area (Å²) >= 11 is 0. The van der Waals surface area contributed by atoms with Crippen molar-refractivity contribution in [3.63, 3.8) is 0 Å². The van der Waals surface area contributed by atoms with Gasteiger partial charge in [0.2, 0.25) is 5.91 Å². The SMILES string of the molecule is COc1ccc(C2CC(=O)N(CCN)N2C)cc1. The summed E-state index contributed by atoms with van der Waals surface area (Å²) in [5.74, 6) is 0.952. The molecule has 1 unspecified atom stereocenters. The Morgan fingerprint density at radius 3 is 2.61 bits per heavy atom. The largest absolute Gasteiger partial charge is 0.497 e. The van der Waals surface area contributed by atoms with Crippen molar-refractivity contribution in [2.75, 3.05) is 27.2 Å². The van der Waals surface area contributed by atoms with E-state index in [9.17, 15) is 4.79 Å². The fourth-order valence-corrected chi connectivity index (χ4v) is 2.31. The highest BCUT2D eigenvalue weighted by Crippen LogP contribution is 2.32. The first-order valence-corrected chi connectivity index (χ1v) is 6.04. The van der Waals surface area contributed by atoms with E-state index in [0.29, 0.717) is 19.5 Å². The molecule has 1 atom stereocenters. The molecule has 1 fully saturated rings. The first-order valence-electron chi connectivity index (χ1n) is 6.04. The molecule has 0 saturated carbocycles. The number of nitrogens with two attached hydrogens (primary N) is 1. The molecule has 0 aliphatic carbocycles. The number of rotatable bonds is 4. The Bertz CT molecular complexity index is 419. The van der Waals surface area contributed by atoms with E-state index in [1.54, 1.807) is 12.1 Å². The van der Waals surface area contributed by atoms with Crippen LogP contribution >= 0.6 is 0 Å². The highest BCUT2D eigenvalue weighted by atomic mass is 16.5. The van der Waals surface area contributed by atoms with Gasteiger partial charge in [0.1, 0.15) is 5.75 Å². The first kappa shape index (κ1) is 12.9. The number of carbonyl (C=O) groups excluding carboxylic acids is 1. The Morgan fingerprint density at radius 1 is 1.39 bits per heavy atom. The quantitative estimate of drug-likeness (QED) is 0.856. The first-order chi connectivity index (χ1) is 8.67. The standard InChI is InChI=1S/C13H19N3O2/c1-15-12(9-13(17)16(15)8-7-14)10-3-5-11(18-2)6-4-10/h3-6,12H,7-9,14H2,1-2H3. The average molecular weight is 249 g/mol. The van der Waals surface area contributed by atoms with Crippen molar-refractivity contribution in [2.45, 2.75) is 12.5 Å². The second-order valence-corrected chi connectivity index (χ2v) is 4.37. The minimum Gasteiger partial charge on any atom is -0.497 e. The van der Waals surface area contributed by atoms with E-state index < -0.39 is 0 Å². The fourth-order valence-electron chi connectivity index (χ4n) is 2.31. The van der Waals surface area contributed by atoms with Crippen molar-refractivity contribution in [1.82, 2.24) is 10.0 Å². The van der Waals surface area contributed by atoms with E-state index in [2.05, 4.69) is 0 Å². The molecule has 0 bridgehead atoms. The molecule has 98 valence electrons. The van der Waals surface area contributed by atoms with Crippen LogP contribution in [0.1, 0.15) is 18.0 Å². The van der Waals surface area contributed by atoms with E-state index in [1.165, 1.54) is 0 Å². The van der Waals surface area contributed by atoms with Gasteiger partial charge in [-0.1, -0.05) is 12.1 Å². The lowest BCUT2D eigenvalue weighted by Gasteiger charge is -2.28. The van der Waals surface area contributed by atoms with Crippen molar-refractivity contribution in [1.29, 1.82) is 0 Å². The molecule has 1 aliphatic rings. The average Bonchev–Trinajstić information content (AvgIpc) is 2.67. The molecule has 1 aromatic rings. The van der Waals surface area contributed by atoms with Crippen LogP contribution in [0.15, 0.2) is 24.3 Å². The van der Waals surface area contributed by atoms with Crippen molar-refractivity contribution in [2.24, 2.45) is 5.73 Å². The van der Waals surface area contributed by atoms with Gasteiger partial charge >= 0.3 is 0 Å². The van der Waals surface area contributed by atoms with E-state index in [-0.39, 0.29) is 11.9 Å². The summed E-state index contributed by atoms with van der Waals surface area (Å²) in [4.78, 5) is 11.9. The molecule has 5 nitrogen and oxygen atoms in total. The number of nitrogens with zero attached hydrogens (tertiary/aromatic N) is 2. The Hall–Kier alpha value is -1.59. The molecular formula is C13H19N3O2. The molecule has 2 N–H and O–H groups in total. The molecule has 1 saturated heterocycles. The topological polar surface area (TPSA) is 58.8 Å². The van der Waals surface area contributed by atoms with Gasteiger partial charge in [0.15, 0.2) is 0 Å². The summed E-state index contributed by atoms with van der Waals surface area (Å²) in [6.07, 6.45) is 0.503. The van der Waals surface area contributed by atoms with E-state index in [4.69, 9.17) is 10.5 Å². The Labute approximate surface area is 107 Å². The lowest BCUT2D eigenvalue weighted by atomic mass is 10.0. The van der Waals surface area contributed by atoms with Crippen LogP contribution in [0, 0.1) is 0 Å². The molecule has 0 spiro atoms. The van der Waals surface area contributed by atoms with Crippen LogP contribution in [0.3, 0.4) is 0 Å². The van der Waals surface area contributed by atoms with Crippen molar-refractivity contribution in [3.05, 3.63) is 29.8 Å². The van der Waals surface area contributed by atoms with Crippen LogP contribution in [0.5, 0.6) is 5.75 Å². The second-order valence-electron chi connectivity index (χ2n) is 4.37. The fraction of sp³-hybridized carbons (Fsp3) is 0.462. The lowest BCUT2D eigenvalue weighted by molar-refractivity contribution is -0.136. The predicted molar refractivity (Wildman–Crippen MR) is 68.9 cm³/mol. The van der Waals surface area contributed by atoms with Crippen LogP contribution in [0.2, 0.25) is 0 Å². The normalized spacial score (nSPS) is 20.5. The number of hydrogen-bond donors (Lipinski definition) is 1. The van der Waals surface area contributed by atoms with Crippen LogP contribution in [0.25, 0.3) is 0 Å². The van der Waals surface area contributed by atoms with Gasteiger partial charge in [-0.3, -0.25) is 9.80 Å². The number of amides is 1. The molecular weight excluding hydrogens is 230 g/mol. The Balaban J connectivity index is 2.16. The van der Waals surface area contributed by atoms with Gasteiger partial charge in [-0.2, -0.15) is 0 Å². The van der Waals surface area contributed by atoms with Gasteiger partial charge in [-0.15, -0.1) is 0 Å². The third-order valence-corrected chi connectivity index (χ3v) is 3.33. The smallest absolute Gasteiger partial charge is 0.238 e. The van der Waals surface area contributed by atoms with E-state index in [0.717, 1.165) is 11.3 Å². The number of methoxy groups -OCH3 is 1. The monoisotopic (exact) mass is 249 g/mol. The molecule has 1 amide bonds. The maximum absolute atomic E-state index is 11.9. The molecule has 1 aliphatic heterocycles. The number of benzene rings is 1. The maximum atomic E-state index is 11.9.